The lowest BCUT2D eigenvalue weighted by atomic mass is 9.96. The number of primary sulfonamides is 1. The molecule has 0 aliphatic carbocycles. The molecule has 0 saturated carbocycles. The van der Waals surface area contributed by atoms with E-state index in [0.29, 0.717) is 16.8 Å². The van der Waals surface area contributed by atoms with Gasteiger partial charge in [0.2, 0.25) is 10.0 Å². The lowest BCUT2D eigenvalue weighted by Gasteiger charge is -2.14. The minimum Gasteiger partial charge on any atom is -0.256 e. The molecule has 0 spiro atoms. The summed E-state index contributed by atoms with van der Waals surface area (Å²) in [6.45, 7) is 1.35. The minimum atomic E-state index is -4.47. The first-order valence-corrected chi connectivity index (χ1v) is 9.49. The molecule has 146 valence electrons. The Hall–Kier alpha value is -2.78. The summed E-state index contributed by atoms with van der Waals surface area (Å²) in [6.07, 6.45) is -3.02. The van der Waals surface area contributed by atoms with Crippen LogP contribution in [0.2, 0.25) is 0 Å². The van der Waals surface area contributed by atoms with Crippen LogP contribution in [0.3, 0.4) is 0 Å². The number of benzene rings is 2. The third kappa shape index (κ3) is 3.90. The number of halogens is 4. The van der Waals surface area contributed by atoms with Crippen LogP contribution < -0.4 is 5.14 Å². The molecular weight excluding hydrogens is 396 g/mol. The topological polar surface area (TPSA) is 73.0 Å². The van der Waals surface area contributed by atoms with E-state index in [1.807, 2.05) is 0 Å². The smallest absolute Gasteiger partial charge is 0.256 e. The van der Waals surface area contributed by atoms with Crippen LogP contribution in [0.4, 0.5) is 17.6 Å². The number of aryl methyl sites for hydroxylation is 1. The van der Waals surface area contributed by atoms with E-state index in [1.54, 1.807) is 12.1 Å². The summed E-state index contributed by atoms with van der Waals surface area (Å²) >= 11 is 0. The number of nitrogens with zero attached hydrogens (tertiary/aromatic N) is 1. The fourth-order valence-corrected chi connectivity index (χ4v) is 3.48. The van der Waals surface area contributed by atoms with Crippen LogP contribution in [0, 0.1) is 12.7 Å². The van der Waals surface area contributed by atoms with Crippen molar-refractivity contribution in [2.75, 3.05) is 0 Å². The van der Waals surface area contributed by atoms with Crippen molar-refractivity contribution in [1.82, 2.24) is 4.98 Å². The van der Waals surface area contributed by atoms with Crippen molar-refractivity contribution in [2.45, 2.75) is 18.0 Å². The largest absolute Gasteiger partial charge is 0.416 e. The first-order chi connectivity index (χ1) is 13.0. The summed E-state index contributed by atoms with van der Waals surface area (Å²) in [4.78, 5) is 3.54. The van der Waals surface area contributed by atoms with Gasteiger partial charge in [0.15, 0.2) is 0 Å². The molecule has 4 nitrogen and oxygen atoms in total. The Kier molecular flexibility index (Phi) is 4.99. The van der Waals surface area contributed by atoms with Gasteiger partial charge in [-0.25, -0.2) is 17.9 Å². The standard InChI is InChI=1S/C19H14F4N2O2S/c1-11-9-12(4-6-15(11)19(21,22)23)14-3-2-8-25-18(14)13-5-7-17(16(20)10-13)28(24,26)27/h2-10H,1H3,(H2,24,26,27). The summed E-state index contributed by atoms with van der Waals surface area (Å²) in [5, 5.41) is 4.96. The molecule has 9 heteroatoms. The highest BCUT2D eigenvalue weighted by molar-refractivity contribution is 7.89. The lowest BCUT2D eigenvalue weighted by Crippen LogP contribution is -2.14. The molecule has 1 aromatic heterocycles. The molecule has 2 aromatic carbocycles. The Labute approximate surface area is 158 Å². The van der Waals surface area contributed by atoms with E-state index in [1.165, 1.54) is 31.3 Å². The average molecular weight is 410 g/mol. The summed E-state index contributed by atoms with van der Waals surface area (Å²) in [7, 11) is -4.22. The third-order valence-electron chi connectivity index (χ3n) is 4.16. The van der Waals surface area contributed by atoms with Gasteiger partial charge in [0.05, 0.1) is 11.3 Å². The molecule has 0 atom stereocenters. The van der Waals surface area contributed by atoms with Gasteiger partial charge < -0.3 is 0 Å². The fraction of sp³-hybridized carbons (Fsp3) is 0.105. The number of sulfonamides is 1. The van der Waals surface area contributed by atoms with E-state index in [2.05, 4.69) is 4.98 Å². The molecule has 0 bridgehead atoms. The van der Waals surface area contributed by atoms with Crippen LogP contribution in [0.25, 0.3) is 22.4 Å². The second-order valence-corrected chi connectivity index (χ2v) is 7.65. The second kappa shape index (κ2) is 6.99. The van der Waals surface area contributed by atoms with Gasteiger partial charge in [-0.1, -0.05) is 24.3 Å². The predicted molar refractivity (Wildman–Crippen MR) is 96.2 cm³/mol. The van der Waals surface area contributed by atoms with E-state index in [-0.39, 0.29) is 11.1 Å². The van der Waals surface area contributed by atoms with Gasteiger partial charge in [-0.05, 0) is 42.3 Å². The summed E-state index contributed by atoms with van der Waals surface area (Å²) in [6, 6.07) is 10.2. The van der Waals surface area contributed by atoms with Crippen LogP contribution in [0.5, 0.6) is 0 Å². The van der Waals surface area contributed by atoms with E-state index in [4.69, 9.17) is 5.14 Å². The first kappa shape index (κ1) is 20.0. The Morgan fingerprint density at radius 2 is 1.68 bits per heavy atom. The molecule has 3 aromatic rings. The Bertz CT molecular complexity index is 1160. The van der Waals surface area contributed by atoms with Crippen LogP contribution >= 0.6 is 0 Å². The van der Waals surface area contributed by atoms with Gasteiger partial charge in [-0.15, -0.1) is 0 Å². The molecule has 2 N–H and O–H groups in total. The molecule has 3 rings (SSSR count). The third-order valence-corrected chi connectivity index (χ3v) is 5.11. The SMILES string of the molecule is Cc1cc(-c2cccnc2-c2ccc(S(N)(=O)=O)c(F)c2)ccc1C(F)(F)F. The maximum absolute atomic E-state index is 14.2. The minimum absolute atomic E-state index is 0.0376. The number of hydrogen-bond donors (Lipinski definition) is 1. The normalized spacial score (nSPS) is 12.2. The number of nitrogens with two attached hydrogens (primary N) is 1. The molecule has 0 fully saturated rings. The maximum Gasteiger partial charge on any atom is 0.416 e. The van der Waals surface area contributed by atoms with Crippen LogP contribution in [0.1, 0.15) is 11.1 Å². The molecular formula is C19H14F4N2O2S. The van der Waals surface area contributed by atoms with Crippen molar-refractivity contribution in [2.24, 2.45) is 5.14 Å². The molecule has 1 heterocycles. The predicted octanol–water partition coefficient (Wildman–Crippen LogP) is 4.53. The first-order valence-electron chi connectivity index (χ1n) is 7.94. The molecule has 0 saturated heterocycles. The van der Waals surface area contributed by atoms with Crippen LogP contribution in [-0.2, 0) is 16.2 Å². The zero-order chi connectivity index (χ0) is 20.7. The van der Waals surface area contributed by atoms with Crippen molar-refractivity contribution < 1.29 is 26.0 Å². The lowest BCUT2D eigenvalue weighted by molar-refractivity contribution is -0.138. The molecule has 0 unspecified atom stereocenters. The van der Waals surface area contributed by atoms with Gasteiger partial charge in [-0.2, -0.15) is 13.2 Å². The van der Waals surface area contributed by atoms with Gasteiger partial charge in [0.25, 0.3) is 0 Å². The number of rotatable bonds is 3. The van der Waals surface area contributed by atoms with Gasteiger partial charge in [0.1, 0.15) is 10.7 Å². The molecule has 0 radical (unpaired) electrons. The average Bonchev–Trinajstić information content (AvgIpc) is 2.59. The van der Waals surface area contributed by atoms with Crippen molar-refractivity contribution in [1.29, 1.82) is 0 Å². The van der Waals surface area contributed by atoms with E-state index >= 15 is 0 Å². The fourth-order valence-electron chi connectivity index (χ4n) is 2.90. The quantitative estimate of drug-likeness (QED) is 0.645. The summed E-state index contributed by atoms with van der Waals surface area (Å²) in [5.41, 5.74) is 0.784. The highest BCUT2D eigenvalue weighted by atomic mass is 32.2. The van der Waals surface area contributed by atoms with Gasteiger partial charge in [-0.3, -0.25) is 4.98 Å². The molecule has 28 heavy (non-hydrogen) atoms. The van der Waals surface area contributed by atoms with E-state index in [9.17, 15) is 26.0 Å². The van der Waals surface area contributed by atoms with E-state index in [0.717, 1.165) is 18.2 Å². The monoisotopic (exact) mass is 410 g/mol. The Morgan fingerprint density at radius 1 is 1.00 bits per heavy atom. The zero-order valence-electron chi connectivity index (χ0n) is 14.5. The zero-order valence-corrected chi connectivity index (χ0v) is 15.3. The number of alkyl halides is 3. The van der Waals surface area contributed by atoms with Crippen molar-refractivity contribution >= 4 is 10.0 Å². The Balaban J connectivity index is 2.13. The van der Waals surface area contributed by atoms with Crippen molar-refractivity contribution in [3.05, 3.63) is 71.7 Å². The van der Waals surface area contributed by atoms with E-state index < -0.39 is 32.5 Å². The Morgan fingerprint density at radius 3 is 2.25 bits per heavy atom. The molecule has 0 amide bonds. The molecule has 0 aliphatic rings. The summed E-state index contributed by atoms with van der Waals surface area (Å²) in [5.74, 6) is -1.04. The second-order valence-electron chi connectivity index (χ2n) is 6.12. The van der Waals surface area contributed by atoms with Crippen molar-refractivity contribution in [3.63, 3.8) is 0 Å². The maximum atomic E-state index is 14.2. The van der Waals surface area contributed by atoms with Gasteiger partial charge in [0, 0.05) is 17.3 Å². The number of pyridine rings is 1. The number of hydrogen-bond acceptors (Lipinski definition) is 3. The summed E-state index contributed by atoms with van der Waals surface area (Å²) < 4.78 is 75.9. The highest BCUT2D eigenvalue weighted by Gasteiger charge is 2.32. The van der Waals surface area contributed by atoms with Crippen LogP contribution in [-0.4, -0.2) is 13.4 Å². The van der Waals surface area contributed by atoms with Gasteiger partial charge >= 0.3 is 6.18 Å². The van der Waals surface area contributed by atoms with Crippen molar-refractivity contribution in [3.8, 4) is 22.4 Å². The number of aromatic nitrogens is 1. The van der Waals surface area contributed by atoms with Crippen LogP contribution in [0.15, 0.2) is 59.6 Å². The molecule has 0 aliphatic heterocycles. The highest BCUT2D eigenvalue weighted by Crippen LogP contribution is 2.36.